The zero-order valence-corrected chi connectivity index (χ0v) is 62.5. The number of hydrogen-bond acceptors (Lipinski definition) is 20. The van der Waals surface area contributed by atoms with Crippen LogP contribution in [-0.4, -0.2) is 144 Å². The second kappa shape index (κ2) is 28.7. The molecule has 26 heteroatoms. The molecule has 0 aliphatic carbocycles. The first kappa shape index (κ1) is 73.7. The Hall–Kier alpha value is -8.52. The summed E-state index contributed by atoms with van der Waals surface area (Å²) in [5.41, 5.74) is 4.31. The lowest BCUT2D eigenvalue weighted by Gasteiger charge is -2.34. The van der Waals surface area contributed by atoms with Crippen molar-refractivity contribution >= 4 is 67.3 Å². The molecule has 4 fully saturated rings. The molecular formula is C75H100N14O10S2. The average molecular weight is 1420 g/mol. The number of rotatable bonds is 4. The fourth-order valence-corrected chi connectivity index (χ4v) is 16.8. The van der Waals surface area contributed by atoms with Crippen LogP contribution in [-0.2, 0) is 40.4 Å². The van der Waals surface area contributed by atoms with Crippen LogP contribution in [0.2, 0.25) is 0 Å². The van der Waals surface area contributed by atoms with Crippen molar-refractivity contribution in [2.24, 2.45) is 11.8 Å². The molecule has 4 amide bonds. The molecule has 12 rings (SSSR count). The first-order chi connectivity index (χ1) is 47.4. The SMILES string of the molecule is CC(C)(C)OC(=O)N1CCC(c2ccnc(C3CC[C@@H]4CN(c5nc(C(C)(C)C)ccc5C(=O)NS(=O)(=O)c5cccc(n5)N3)C(C)(C)C4)c2)CC1.COC(=O)N1CCC(c2ccnc(C3CC[C@@H]4CN(c5nc(C(C)(C)C)ccc5C(=O)NS(=O)(=O)c5cccc(n5)N3)C(C)(C)C4)c2)CC1. The molecule has 0 spiro atoms. The first-order valence-electron chi connectivity index (χ1n) is 35.4. The highest BCUT2D eigenvalue weighted by molar-refractivity contribution is 7.90. The summed E-state index contributed by atoms with van der Waals surface area (Å²) in [5.74, 6) is 1.34. The third kappa shape index (κ3) is 17.2. The number of aromatic nitrogens is 6. The standard InChI is InChI=1S/C39H53N7O5S.C36H47N7O5S/c1-37(2,3)31-15-13-28-34(42-31)46-24-25(23-39(46,7)8)12-14-29(41-32-10-9-11-33(43-32)52(49,50)44-35(28)47)30-22-27(16-19-40-30)26-17-20-45(21-18-26)36(48)51-38(4,5)6;1-35(2,3)29-13-11-26-32(39-29)43-22-23(21-36(43,4)5)10-12-27(38-30-8-7-9-31(40-30)49(46,47)41-33(26)44)28-20-25(14-17-37-28)24-15-18-42(19-16-24)34(45)48-6/h9-11,13,15-16,19,22,25-26,29H,12,14,17-18,20-21,23-24H2,1-8H3,(H,41,43)(H,44,47);7-9,11,13-14,17,20,23-24,27H,10,12,15-16,18-19,21-22H2,1-6H3,(H,38,40)(H,41,44)/t25-,29?;23-,27?/m00/s1. The monoisotopic (exact) mass is 1420 g/mol. The number of pyridine rings is 6. The molecule has 4 saturated heterocycles. The molecule has 0 saturated carbocycles. The molecule has 4 N–H and O–H groups in total. The molecule has 542 valence electrons. The molecule has 24 nitrogen and oxygen atoms in total. The number of sulfonamides is 2. The maximum Gasteiger partial charge on any atom is 0.410 e. The lowest BCUT2D eigenvalue weighted by molar-refractivity contribution is 0.0204. The van der Waals surface area contributed by atoms with E-state index in [-0.39, 0.29) is 91.0 Å². The Kier molecular flexibility index (Phi) is 21.0. The summed E-state index contributed by atoms with van der Waals surface area (Å²) in [4.78, 5) is 88.7. The fraction of sp³-hybridized carbons (Fsp3) is 0.547. The van der Waals surface area contributed by atoms with Gasteiger partial charge in [-0.3, -0.25) is 19.6 Å². The van der Waals surface area contributed by atoms with Crippen molar-refractivity contribution in [2.45, 2.75) is 216 Å². The predicted molar refractivity (Wildman–Crippen MR) is 388 cm³/mol. The van der Waals surface area contributed by atoms with Crippen LogP contribution >= 0.6 is 0 Å². The van der Waals surface area contributed by atoms with Crippen LogP contribution in [0.4, 0.5) is 32.9 Å². The number of nitrogens with one attached hydrogen (secondary N) is 4. The lowest BCUT2D eigenvalue weighted by atomic mass is 9.88. The van der Waals surface area contributed by atoms with Gasteiger partial charge in [-0.15, -0.1) is 0 Å². The van der Waals surface area contributed by atoms with Crippen LogP contribution in [0, 0.1) is 11.8 Å². The molecule has 0 aromatic carbocycles. The number of likely N-dealkylation sites (tertiary alicyclic amines) is 2. The van der Waals surface area contributed by atoms with Crippen LogP contribution in [0.15, 0.2) is 107 Å². The number of fused-ring (bicyclic) bond motifs is 12. The Balaban J connectivity index is 0.000000204. The van der Waals surface area contributed by atoms with Crippen molar-refractivity contribution in [3.05, 3.63) is 142 Å². The van der Waals surface area contributed by atoms with Crippen LogP contribution < -0.4 is 29.9 Å². The zero-order valence-electron chi connectivity index (χ0n) is 60.9. The second-order valence-electron chi connectivity index (χ2n) is 32.3. The maximum atomic E-state index is 13.8. The van der Waals surface area contributed by atoms with Crippen molar-refractivity contribution in [1.29, 1.82) is 0 Å². The van der Waals surface area contributed by atoms with Gasteiger partial charge in [0.1, 0.15) is 28.9 Å². The van der Waals surface area contributed by atoms with E-state index in [2.05, 4.69) is 121 Å². The lowest BCUT2D eigenvalue weighted by Crippen LogP contribution is -2.41. The van der Waals surface area contributed by atoms with Crippen LogP contribution in [0.5, 0.6) is 0 Å². The van der Waals surface area contributed by atoms with Gasteiger partial charge >= 0.3 is 12.2 Å². The fourth-order valence-electron chi connectivity index (χ4n) is 15.0. The number of carbonyl (C=O) groups excluding carboxylic acids is 4. The highest BCUT2D eigenvalue weighted by Crippen LogP contribution is 2.45. The molecule has 8 bridgehead atoms. The van der Waals surface area contributed by atoms with Crippen molar-refractivity contribution < 1.29 is 45.5 Å². The van der Waals surface area contributed by atoms with Gasteiger partial charge in [0.2, 0.25) is 0 Å². The summed E-state index contributed by atoms with van der Waals surface area (Å²) >= 11 is 0. The van der Waals surface area contributed by atoms with E-state index >= 15 is 0 Å². The van der Waals surface area contributed by atoms with E-state index in [0.717, 1.165) is 98.1 Å². The zero-order chi connectivity index (χ0) is 72.8. The van der Waals surface area contributed by atoms with E-state index in [0.29, 0.717) is 62.5 Å². The Labute approximate surface area is 595 Å². The van der Waals surface area contributed by atoms with E-state index in [9.17, 15) is 36.0 Å². The summed E-state index contributed by atoms with van der Waals surface area (Å²) in [6.07, 6.45) is 11.3. The third-order valence-corrected chi connectivity index (χ3v) is 22.8. The quantitative estimate of drug-likeness (QED) is 0.127. The summed E-state index contributed by atoms with van der Waals surface area (Å²) in [6.45, 7) is 30.5. The van der Waals surface area contributed by atoms with Gasteiger partial charge in [0, 0.05) is 85.0 Å². The molecule has 6 aromatic rings. The number of hydrogen-bond donors (Lipinski definition) is 4. The Morgan fingerprint density at radius 2 is 0.911 bits per heavy atom. The van der Waals surface area contributed by atoms with Gasteiger partial charge in [-0.1, -0.05) is 53.7 Å². The molecule has 4 atom stereocenters. The summed E-state index contributed by atoms with van der Waals surface area (Å²) in [6, 6.07) is 24.3. The highest BCUT2D eigenvalue weighted by atomic mass is 32.2. The molecule has 6 aromatic heterocycles. The van der Waals surface area contributed by atoms with E-state index in [1.165, 1.54) is 19.2 Å². The number of ether oxygens (including phenoxy) is 2. The van der Waals surface area contributed by atoms with Gasteiger partial charge in [-0.05, 0) is 220 Å². The first-order valence-corrected chi connectivity index (χ1v) is 38.3. The van der Waals surface area contributed by atoms with Gasteiger partial charge in [-0.25, -0.2) is 39.0 Å². The average Bonchev–Trinajstić information content (AvgIpc) is 1.69. The number of amides is 4. The summed E-state index contributed by atoms with van der Waals surface area (Å²) in [7, 11) is -7.24. The third-order valence-electron chi connectivity index (χ3n) is 20.4. The number of anilines is 4. The van der Waals surface area contributed by atoms with Gasteiger partial charge in [0.15, 0.2) is 10.1 Å². The minimum Gasteiger partial charge on any atom is -0.453 e. The molecule has 0 radical (unpaired) electrons. The molecule has 6 aliphatic rings. The summed E-state index contributed by atoms with van der Waals surface area (Å²) < 4.78 is 69.5. The molecule has 6 aliphatic heterocycles. The topological polar surface area (TPSA) is 293 Å². The Morgan fingerprint density at radius 3 is 1.29 bits per heavy atom. The Bertz CT molecular complexity index is 4310. The molecule has 101 heavy (non-hydrogen) atoms. The number of methoxy groups -OCH3 is 1. The summed E-state index contributed by atoms with van der Waals surface area (Å²) in [5, 5.41) is 6.46. The minimum absolute atomic E-state index is 0.213. The van der Waals surface area contributed by atoms with Gasteiger partial charge in [0.25, 0.3) is 31.9 Å². The maximum absolute atomic E-state index is 13.8. The van der Waals surface area contributed by atoms with E-state index < -0.39 is 37.5 Å². The van der Waals surface area contributed by atoms with Gasteiger partial charge in [-0.2, -0.15) is 16.8 Å². The molecular weight excluding hydrogens is 1320 g/mol. The smallest absolute Gasteiger partial charge is 0.410 e. The van der Waals surface area contributed by atoms with Crippen LogP contribution in [0.25, 0.3) is 0 Å². The van der Waals surface area contributed by atoms with Crippen molar-refractivity contribution in [2.75, 3.05) is 66.8 Å². The highest BCUT2D eigenvalue weighted by Gasteiger charge is 2.44. The van der Waals surface area contributed by atoms with Crippen molar-refractivity contribution in [1.82, 2.24) is 49.1 Å². The number of piperidine rings is 2. The van der Waals surface area contributed by atoms with Gasteiger partial charge in [0.05, 0.1) is 41.7 Å². The van der Waals surface area contributed by atoms with Crippen LogP contribution in [0.3, 0.4) is 0 Å². The molecule has 12 heterocycles. The van der Waals surface area contributed by atoms with E-state index in [1.54, 1.807) is 58.3 Å². The largest absolute Gasteiger partial charge is 0.453 e. The van der Waals surface area contributed by atoms with Crippen molar-refractivity contribution in [3.8, 4) is 0 Å². The normalized spacial score (nSPS) is 22.5. The Morgan fingerprint density at radius 1 is 0.515 bits per heavy atom. The number of carbonyl (C=O) groups is 4. The van der Waals surface area contributed by atoms with Gasteiger partial charge < -0.3 is 39.7 Å². The van der Waals surface area contributed by atoms with E-state index in [4.69, 9.17) is 29.4 Å². The number of nitrogens with zero attached hydrogens (tertiary/aromatic N) is 10. The minimum atomic E-state index is -4.33. The second-order valence-corrected chi connectivity index (χ2v) is 35.5. The van der Waals surface area contributed by atoms with E-state index in [1.807, 2.05) is 45.3 Å². The predicted octanol–water partition coefficient (Wildman–Crippen LogP) is 12.7. The van der Waals surface area contributed by atoms with Crippen LogP contribution in [0.1, 0.15) is 233 Å². The van der Waals surface area contributed by atoms with Crippen molar-refractivity contribution in [3.63, 3.8) is 0 Å². The molecule has 2 unspecified atom stereocenters.